The minimum atomic E-state index is -0.305. The Morgan fingerprint density at radius 2 is 1.89 bits per heavy atom. The lowest BCUT2D eigenvalue weighted by Crippen LogP contribution is -2.43. The maximum Gasteiger partial charge on any atom is 0.267 e. The number of benzene rings is 3. The van der Waals surface area contributed by atoms with E-state index in [4.69, 9.17) is 16.3 Å². The smallest absolute Gasteiger partial charge is 0.267 e. The van der Waals surface area contributed by atoms with Crippen molar-refractivity contribution in [3.8, 4) is 5.75 Å². The van der Waals surface area contributed by atoms with Gasteiger partial charge in [-0.05, 0) is 56.2 Å². The number of anilines is 1. The van der Waals surface area contributed by atoms with Gasteiger partial charge in [-0.2, -0.15) is 0 Å². The molecule has 0 spiro atoms. The van der Waals surface area contributed by atoms with Gasteiger partial charge >= 0.3 is 0 Å². The van der Waals surface area contributed by atoms with E-state index in [1.807, 2.05) is 42.5 Å². The second-order valence-corrected chi connectivity index (χ2v) is 10.8. The molecule has 0 fully saturated rings. The summed E-state index contributed by atoms with van der Waals surface area (Å²) in [6.45, 7) is 4.21. The molecule has 0 saturated heterocycles. The first-order valence-corrected chi connectivity index (χ1v) is 12.7. The van der Waals surface area contributed by atoms with Crippen LogP contribution in [-0.4, -0.2) is 24.3 Å². The molecule has 3 aromatic carbocycles. The lowest BCUT2D eigenvalue weighted by molar-refractivity contribution is 0.102. The Hall–Kier alpha value is -3.61. The number of carbonyl (C=O) groups excluding carboxylic acids is 2. The van der Waals surface area contributed by atoms with Crippen molar-refractivity contribution in [1.29, 1.82) is 0 Å². The van der Waals surface area contributed by atoms with Gasteiger partial charge in [0, 0.05) is 44.2 Å². The summed E-state index contributed by atoms with van der Waals surface area (Å²) in [6.07, 6.45) is 2.45. The van der Waals surface area contributed by atoms with Crippen LogP contribution in [0.4, 0.5) is 5.69 Å². The topological polar surface area (TPSA) is 67.4 Å². The van der Waals surface area contributed by atoms with Crippen LogP contribution in [0.1, 0.15) is 45.0 Å². The fraction of sp³-hybridized carbons (Fsp3) is 0.172. The third-order valence-corrected chi connectivity index (χ3v) is 7.81. The number of halogens is 1. The van der Waals surface area contributed by atoms with E-state index in [-0.39, 0.29) is 17.2 Å². The Balaban J connectivity index is 1.42. The summed E-state index contributed by atoms with van der Waals surface area (Å²) >= 11 is 7.81. The van der Waals surface area contributed by atoms with Gasteiger partial charge in [0.15, 0.2) is 5.78 Å². The van der Waals surface area contributed by atoms with Crippen molar-refractivity contribution in [3.63, 3.8) is 0 Å². The first-order valence-electron chi connectivity index (χ1n) is 11.5. The van der Waals surface area contributed by atoms with E-state index < -0.39 is 0 Å². The summed E-state index contributed by atoms with van der Waals surface area (Å²) in [6, 6.07) is 20.5. The number of methoxy groups -OCH3 is 1. The summed E-state index contributed by atoms with van der Waals surface area (Å²) in [5, 5.41) is 7.66. The molecule has 5 rings (SSSR count). The summed E-state index contributed by atoms with van der Waals surface area (Å²) < 4.78 is 6.35. The number of amides is 1. The molecule has 7 heteroatoms. The zero-order chi connectivity index (χ0) is 25.4. The second-order valence-electron chi connectivity index (χ2n) is 9.41. The van der Waals surface area contributed by atoms with Crippen molar-refractivity contribution in [2.45, 2.75) is 25.8 Å². The van der Waals surface area contributed by atoms with Crippen molar-refractivity contribution in [2.24, 2.45) is 0 Å². The van der Waals surface area contributed by atoms with E-state index in [0.29, 0.717) is 21.2 Å². The molecule has 0 aliphatic carbocycles. The monoisotopic (exact) mass is 516 g/mol. The van der Waals surface area contributed by atoms with Gasteiger partial charge < -0.3 is 15.4 Å². The van der Waals surface area contributed by atoms with Crippen LogP contribution < -0.4 is 15.4 Å². The van der Waals surface area contributed by atoms with Crippen LogP contribution in [0.15, 0.2) is 72.8 Å². The molecule has 1 aliphatic rings. The highest BCUT2D eigenvalue weighted by atomic mass is 35.5. The van der Waals surface area contributed by atoms with Crippen molar-refractivity contribution in [3.05, 3.63) is 99.4 Å². The standard InChI is InChI=1S/C29H25ClN2O3S/c1-29(2)16-18-11-12-20(35-3)14-22(18)23(32-29)15-24(33)17-7-6-8-19(13-17)31-28(34)27-26(30)21-9-4-5-10-25(21)36-27/h4-15,32H,16H2,1-3H3,(H,31,34)/b23-15-. The molecule has 0 bridgehead atoms. The van der Waals surface area contributed by atoms with Gasteiger partial charge in [0.2, 0.25) is 0 Å². The average Bonchev–Trinajstić information content (AvgIpc) is 3.20. The normalized spacial score (nSPS) is 15.3. The van der Waals surface area contributed by atoms with E-state index in [1.54, 1.807) is 37.5 Å². The Morgan fingerprint density at radius 1 is 1.08 bits per heavy atom. The molecule has 36 heavy (non-hydrogen) atoms. The van der Waals surface area contributed by atoms with Gasteiger partial charge in [-0.1, -0.05) is 48.0 Å². The van der Waals surface area contributed by atoms with E-state index in [2.05, 4.69) is 24.5 Å². The first-order chi connectivity index (χ1) is 17.2. The zero-order valence-electron chi connectivity index (χ0n) is 20.1. The molecule has 5 nitrogen and oxygen atoms in total. The van der Waals surface area contributed by atoms with E-state index in [1.165, 1.54) is 11.3 Å². The minimum absolute atomic E-state index is 0.167. The van der Waals surface area contributed by atoms with Crippen LogP contribution in [-0.2, 0) is 6.42 Å². The van der Waals surface area contributed by atoms with Crippen molar-refractivity contribution in [2.75, 3.05) is 12.4 Å². The van der Waals surface area contributed by atoms with Gasteiger partial charge in [-0.3, -0.25) is 9.59 Å². The summed E-state index contributed by atoms with van der Waals surface area (Å²) in [4.78, 5) is 26.7. The van der Waals surface area contributed by atoms with E-state index in [9.17, 15) is 9.59 Å². The predicted molar refractivity (Wildman–Crippen MR) is 147 cm³/mol. The molecule has 1 aliphatic heterocycles. The molecule has 0 unspecified atom stereocenters. The zero-order valence-corrected chi connectivity index (χ0v) is 21.7. The highest BCUT2D eigenvalue weighted by Gasteiger charge is 2.28. The predicted octanol–water partition coefficient (Wildman–Crippen LogP) is 6.96. The Bertz CT molecular complexity index is 1540. The van der Waals surface area contributed by atoms with Gasteiger partial charge in [0.05, 0.1) is 12.1 Å². The molecule has 0 saturated carbocycles. The summed E-state index contributed by atoms with van der Waals surface area (Å²) in [5.74, 6) is 0.263. The number of carbonyl (C=O) groups is 2. The number of rotatable bonds is 5. The largest absolute Gasteiger partial charge is 0.497 e. The molecular weight excluding hydrogens is 492 g/mol. The van der Waals surface area contributed by atoms with Gasteiger partial charge in [-0.25, -0.2) is 0 Å². The van der Waals surface area contributed by atoms with Gasteiger partial charge in [0.1, 0.15) is 10.6 Å². The highest BCUT2D eigenvalue weighted by Crippen LogP contribution is 2.36. The molecule has 1 aromatic heterocycles. The van der Waals surface area contributed by atoms with E-state index >= 15 is 0 Å². The minimum Gasteiger partial charge on any atom is -0.497 e. The van der Waals surface area contributed by atoms with Crippen molar-refractivity contribution in [1.82, 2.24) is 5.32 Å². The fourth-order valence-corrected chi connectivity index (χ4v) is 5.88. The molecule has 2 heterocycles. The fourth-order valence-electron chi connectivity index (χ4n) is 4.47. The molecule has 2 N–H and O–H groups in total. The Morgan fingerprint density at radius 3 is 2.67 bits per heavy atom. The van der Waals surface area contributed by atoms with Gasteiger partial charge in [-0.15, -0.1) is 11.3 Å². The molecule has 4 aromatic rings. The lowest BCUT2D eigenvalue weighted by Gasteiger charge is -2.35. The molecular formula is C29H25ClN2O3S. The average molecular weight is 517 g/mol. The van der Waals surface area contributed by atoms with Crippen LogP contribution in [0.5, 0.6) is 5.75 Å². The van der Waals surface area contributed by atoms with Crippen LogP contribution in [0, 0.1) is 0 Å². The first kappa shape index (κ1) is 24.1. The summed E-state index contributed by atoms with van der Waals surface area (Å²) in [7, 11) is 1.63. The molecule has 182 valence electrons. The number of allylic oxidation sites excluding steroid dienone is 1. The number of ketones is 1. The molecule has 1 amide bonds. The Kier molecular flexibility index (Phi) is 6.33. The molecule has 0 radical (unpaired) electrons. The highest BCUT2D eigenvalue weighted by molar-refractivity contribution is 7.21. The number of hydrogen-bond acceptors (Lipinski definition) is 5. The second kappa shape index (κ2) is 9.45. The molecule has 0 atom stereocenters. The third kappa shape index (κ3) is 4.74. The quantitative estimate of drug-likeness (QED) is 0.222. The number of nitrogens with one attached hydrogen (secondary N) is 2. The van der Waals surface area contributed by atoms with Gasteiger partial charge in [0.25, 0.3) is 5.91 Å². The SMILES string of the molecule is COc1ccc2c(c1)/C(=C/C(=O)c1cccc(NC(=O)c3sc4ccccc4c3Cl)c1)NC(C)(C)C2. The number of fused-ring (bicyclic) bond motifs is 2. The van der Waals surface area contributed by atoms with Crippen LogP contribution in [0.3, 0.4) is 0 Å². The maximum absolute atomic E-state index is 13.3. The number of hydrogen-bond donors (Lipinski definition) is 2. The lowest BCUT2D eigenvalue weighted by atomic mass is 9.85. The number of ether oxygens (including phenoxy) is 1. The van der Waals surface area contributed by atoms with E-state index in [0.717, 1.165) is 39.1 Å². The number of thiophene rings is 1. The van der Waals surface area contributed by atoms with Crippen molar-refractivity contribution >= 4 is 56.1 Å². The van der Waals surface area contributed by atoms with Crippen LogP contribution >= 0.6 is 22.9 Å². The van der Waals surface area contributed by atoms with Crippen LogP contribution in [0.25, 0.3) is 15.8 Å². The third-order valence-electron chi connectivity index (χ3n) is 6.13. The maximum atomic E-state index is 13.3. The van der Waals surface area contributed by atoms with Crippen molar-refractivity contribution < 1.29 is 14.3 Å². The summed E-state index contributed by atoms with van der Waals surface area (Å²) in [5.41, 5.74) is 3.64. The van der Waals surface area contributed by atoms with Crippen LogP contribution in [0.2, 0.25) is 5.02 Å². The Labute approximate surface area is 218 Å².